The molecule has 3 heteroatoms. The van der Waals surface area contributed by atoms with Gasteiger partial charge in [-0.05, 0) is 24.3 Å². The highest BCUT2D eigenvalue weighted by molar-refractivity contribution is 5.98. The van der Waals surface area contributed by atoms with Crippen LogP contribution in [0.25, 0.3) is 0 Å². The largest absolute Gasteiger partial charge is 0.378 e. The maximum absolute atomic E-state index is 12.6. The molecule has 0 spiro atoms. The van der Waals surface area contributed by atoms with Gasteiger partial charge in [0.25, 0.3) is 0 Å². The Balaban J connectivity index is 1.72. The first-order valence-corrected chi connectivity index (χ1v) is 7.61. The number of ether oxygens (including phenoxy) is 1. The van der Waals surface area contributed by atoms with Crippen LogP contribution in [0.15, 0.2) is 24.3 Å². The summed E-state index contributed by atoms with van der Waals surface area (Å²) in [5, 5.41) is 3.54. The molecule has 0 radical (unpaired) electrons. The predicted octanol–water partition coefficient (Wildman–Crippen LogP) is 2.76. The summed E-state index contributed by atoms with van der Waals surface area (Å²) in [7, 11) is 0. The van der Waals surface area contributed by atoms with Gasteiger partial charge >= 0.3 is 0 Å². The van der Waals surface area contributed by atoms with Crippen molar-refractivity contribution in [3.05, 3.63) is 35.4 Å². The fraction of sp³-hybridized carbons (Fsp3) is 0.588. The van der Waals surface area contributed by atoms with Crippen molar-refractivity contribution in [1.82, 2.24) is 5.32 Å². The molecule has 108 valence electrons. The van der Waals surface area contributed by atoms with E-state index in [0.717, 1.165) is 31.6 Å². The predicted molar refractivity (Wildman–Crippen MR) is 79.1 cm³/mol. The molecule has 2 bridgehead atoms. The summed E-state index contributed by atoms with van der Waals surface area (Å²) in [5.41, 5.74) is 2.15. The molecule has 1 aromatic carbocycles. The van der Waals surface area contributed by atoms with Crippen LogP contribution in [0.1, 0.15) is 48.5 Å². The van der Waals surface area contributed by atoms with Crippen LogP contribution in [0, 0.1) is 5.92 Å². The first-order chi connectivity index (χ1) is 9.63. The van der Waals surface area contributed by atoms with Gasteiger partial charge in [0, 0.05) is 23.6 Å². The molecule has 2 aliphatic rings. The lowest BCUT2D eigenvalue weighted by Crippen LogP contribution is -2.55. The SMILES string of the molecule is CC(C)c1ccc(C(=O)C2CC3COCC(C2)N3)cc1. The third-order valence-corrected chi connectivity index (χ3v) is 4.48. The Kier molecular flexibility index (Phi) is 3.90. The van der Waals surface area contributed by atoms with Gasteiger partial charge in [-0.2, -0.15) is 0 Å². The Bertz CT molecular complexity index is 468. The van der Waals surface area contributed by atoms with E-state index in [9.17, 15) is 4.79 Å². The van der Waals surface area contributed by atoms with Gasteiger partial charge in [-0.25, -0.2) is 0 Å². The van der Waals surface area contributed by atoms with E-state index in [1.54, 1.807) is 0 Å². The smallest absolute Gasteiger partial charge is 0.166 e. The maximum Gasteiger partial charge on any atom is 0.166 e. The molecule has 3 nitrogen and oxygen atoms in total. The summed E-state index contributed by atoms with van der Waals surface area (Å²) in [5.74, 6) is 0.966. The van der Waals surface area contributed by atoms with E-state index in [0.29, 0.717) is 23.8 Å². The molecule has 2 saturated heterocycles. The zero-order valence-corrected chi connectivity index (χ0v) is 12.3. The van der Waals surface area contributed by atoms with Crippen molar-refractivity contribution in [2.24, 2.45) is 5.92 Å². The fourth-order valence-electron chi connectivity index (χ4n) is 3.32. The lowest BCUT2D eigenvalue weighted by Gasteiger charge is -2.39. The number of hydrogen-bond acceptors (Lipinski definition) is 3. The summed E-state index contributed by atoms with van der Waals surface area (Å²) >= 11 is 0. The molecule has 3 rings (SSSR count). The second kappa shape index (κ2) is 5.66. The average Bonchev–Trinajstić information content (AvgIpc) is 2.46. The van der Waals surface area contributed by atoms with Crippen molar-refractivity contribution < 1.29 is 9.53 Å². The number of morpholine rings is 1. The highest BCUT2D eigenvalue weighted by Gasteiger charge is 2.35. The summed E-state index contributed by atoms with van der Waals surface area (Å²) in [6.45, 7) is 5.83. The van der Waals surface area contributed by atoms with Gasteiger partial charge in [-0.15, -0.1) is 0 Å². The van der Waals surface area contributed by atoms with Gasteiger partial charge in [-0.3, -0.25) is 4.79 Å². The third-order valence-electron chi connectivity index (χ3n) is 4.48. The summed E-state index contributed by atoms with van der Waals surface area (Å²) in [4.78, 5) is 12.6. The summed E-state index contributed by atoms with van der Waals surface area (Å²) < 4.78 is 5.54. The second-order valence-corrected chi connectivity index (χ2v) is 6.41. The van der Waals surface area contributed by atoms with Crippen LogP contribution in [-0.2, 0) is 4.74 Å². The summed E-state index contributed by atoms with van der Waals surface area (Å²) in [6, 6.07) is 8.86. The Morgan fingerprint density at radius 1 is 1.15 bits per heavy atom. The molecule has 2 atom stereocenters. The van der Waals surface area contributed by atoms with Gasteiger partial charge in [-0.1, -0.05) is 38.1 Å². The zero-order valence-electron chi connectivity index (χ0n) is 12.3. The minimum Gasteiger partial charge on any atom is -0.378 e. The van der Waals surface area contributed by atoms with E-state index in [4.69, 9.17) is 4.74 Å². The Morgan fingerprint density at radius 3 is 2.30 bits per heavy atom. The van der Waals surface area contributed by atoms with Crippen molar-refractivity contribution in [2.75, 3.05) is 13.2 Å². The number of fused-ring (bicyclic) bond motifs is 2. The number of carbonyl (C=O) groups excluding carboxylic acids is 1. The summed E-state index contributed by atoms with van der Waals surface area (Å²) in [6.07, 6.45) is 1.81. The number of hydrogen-bond donors (Lipinski definition) is 1. The molecule has 2 heterocycles. The van der Waals surface area contributed by atoms with Crippen LogP contribution in [0.4, 0.5) is 0 Å². The van der Waals surface area contributed by atoms with Crippen molar-refractivity contribution >= 4 is 5.78 Å². The molecular weight excluding hydrogens is 250 g/mol. The number of rotatable bonds is 3. The lowest BCUT2D eigenvalue weighted by atomic mass is 9.82. The van der Waals surface area contributed by atoms with E-state index in [1.807, 2.05) is 12.1 Å². The van der Waals surface area contributed by atoms with Crippen LogP contribution in [0.5, 0.6) is 0 Å². The van der Waals surface area contributed by atoms with Gasteiger partial charge in [0.05, 0.1) is 13.2 Å². The number of carbonyl (C=O) groups is 1. The molecule has 0 aromatic heterocycles. The quantitative estimate of drug-likeness (QED) is 0.861. The standard InChI is InChI=1S/C17H23NO2/c1-11(2)12-3-5-13(6-4-12)17(19)14-7-15-9-20-10-16(8-14)18-15/h3-6,11,14-16,18H,7-10H2,1-2H3. The molecule has 2 fully saturated rings. The van der Waals surface area contributed by atoms with Crippen LogP contribution in [0.2, 0.25) is 0 Å². The van der Waals surface area contributed by atoms with Gasteiger partial charge in [0.2, 0.25) is 0 Å². The number of nitrogens with one attached hydrogen (secondary N) is 1. The van der Waals surface area contributed by atoms with Crippen molar-refractivity contribution in [1.29, 1.82) is 0 Å². The van der Waals surface area contributed by atoms with Gasteiger partial charge < -0.3 is 10.1 Å². The minimum absolute atomic E-state index is 0.153. The Labute approximate surface area is 120 Å². The Hall–Kier alpha value is -1.19. The van der Waals surface area contributed by atoms with E-state index < -0.39 is 0 Å². The number of piperidine rings is 1. The monoisotopic (exact) mass is 273 g/mol. The highest BCUT2D eigenvalue weighted by Crippen LogP contribution is 2.27. The average molecular weight is 273 g/mol. The molecule has 1 N–H and O–H groups in total. The maximum atomic E-state index is 12.6. The van der Waals surface area contributed by atoms with Crippen LogP contribution >= 0.6 is 0 Å². The van der Waals surface area contributed by atoms with Crippen molar-refractivity contribution in [3.8, 4) is 0 Å². The first kappa shape index (κ1) is 13.8. The van der Waals surface area contributed by atoms with E-state index in [-0.39, 0.29) is 5.92 Å². The van der Waals surface area contributed by atoms with Gasteiger partial charge in [0.15, 0.2) is 5.78 Å². The Morgan fingerprint density at radius 2 is 1.75 bits per heavy atom. The number of benzene rings is 1. The molecule has 20 heavy (non-hydrogen) atoms. The van der Waals surface area contributed by atoms with Crippen molar-refractivity contribution in [3.63, 3.8) is 0 Å². The minimum atomic E-state index is 0.153. The normalized spacial score (nSPS) is 29.4. The van der Waals surface area contributed by atoms with Crippen LogP contribution in [-0.4, -0.2) is 31.1 Å². The van der Waals surface area contributed by atoms with Crippen molar-refractivity contribution in [2.45, 2.75) is 44.7 Å². The number of ketones is 1. The first-order valence-electron chi connectivity index (χ1n) is 7.61. The molecular formula is C17H23NO2. The third kappa shape index (κ3) is 2.79. The zero-order chi connectivity index (χ0) is 14.1. The van der Waals surface area contributed by atoms with Crippen LogP contribution in [0.3, 0.4) is 0 Å². The molecule has 1 aromatic rings. The lowest BCUT2D eigenvalue weighted by molar-refractivity contribution is 0.00953. The number of Topliss-reactive ketones (excluding diaryl/α,β-unsaturated/α-hetero) is 1. The molecule has 0 saturated carbocycles. The topological polar surface area (TPSA) is 38.3 Å². The van der Waals surface area contributed by atoms with E-state index in [2.05, 4.69) is 31.3 Å². The van der Waals surface area contributed by atoms with E-state index >= 15 is 0 Å². The van der Waals surface area contributed by atoms with E-state index in [1.165, 1.54) is 5.56 Å². The van der Waals surface area contributed by atoms with Crippen LogP contribution < -0.4 is 5.32 Å². The molecule has 0 amide bonds. The second-order valence-electron chi connectivity index (χ2n) is 6.41. The fourth-order valence-corrected chi connectivity index (χ4v) is 3.32. The highest BCUT2D eigenvalue weighted by atomic mass is 16.5. The van der Waals surface area contributed by atoms with Gasteiger partial charge in [0.1, 0.15) is 0 Å². The molecule has 0 aliphatic carbocycles. The molecule has 2 unspecified atom stereocenters. The molecule has 2 aliphatic heterocycles.